The SMILES string of the molecule is CC(C)(O)[C@H]1CCC(n2c(Nc3c(F)cccc3F)nc3cnc(NC4CCCCC4)nc32)C1. The van der Waals surface area contributed by atoms with Crippen LogP contribution in [0.15, 0.2) is 24.4 Å². The Balaban J connectivity index is 1.54. The third-order valence-electron chi connectivity index (χ3n) is 7.34. The summed E-state index contributed by atoms with van der Waals surface area (Å²) in [7, 11) is 0. The summed E-state index contributed by atoms with van der Waals surface area (Å²) in [6, 6.07) is 4.09. The van der Waals surface area contributed by atoms with Crippen molar-refractivity contribution in [1.29, 1.82) is 0 Å². The Kier molecular flexibility index (Phi) is 6.14. The summed E-state index contributed by atoms with van der Waals surface area (Å²) in [6.45, 7) is 3.66. The lowest BCUT2D eigenvalue weighted by molar-refractivity contribution is 0.0186. The van der Waals surface area contributed by atoms with Crippen LogP contribution in [-0.4, -0.2) is 36.3 Å². The largest absolute Gasteiger partial charge is 0.390 e. The second-order valence-electron chi connectivity index (χ2n) is 10.2. The van der Waals surface area contributed by atoms with Gasteiger partial charge in [0.05, 0.1) is 11.8 Å². The number of hydrogen-bond acceptors (Lipinski definition) is 6. The number of nitrogens with one attached hydrogen (secondary N) is 2. The molecule has 0 aliphatic heterocycles. The van der Waals surface area contributed by atoms with Gasteiger partial charge in [-0.1, -0.05) is 25.3 Å². The highest BCUT2D eigenvalue weighted by Gasteiger charge is 2.37. The lowest BCUT2D eigenvalue weighted by Crippen LogP contribution is -2.29. The molecule has 2 aliphatic rings. The molecule has 1 unspecified atom stereocenters. The number of fused-ring (bicyclic) bond motifs is 1. The number of halogens is 2. The first-order valence-electron chi connectivity index (χ1n) is 12.2. The van der Waals surface area contributed by atoms with Crippen LogP contribution in [0.3, 0.4) is 0 Å². The monoisotopic (exact) mass is 470 g/mol. The highest BCUT2D eigenvalue weighted by molar-refractivity contribution is 5.76. The van der Waals surface area contributed by atoms with Crippen LogP contribution in [0.1, 0.15) is 71.3 Å². The molecule has 0 bridgehead atoms. The molecule has 3 aromatic rings. The van der Waals surface area contributed by atoms with Gasteiger partial charge in [-0.3, -0.25) is 4.57 Å². The molecule has 2 atom stereocenters. The Morgan fingerprint density at radius 3 is 2.44 bits per heavy atom. The predicted octanol–water partition coefficient (Wildman–Crippen LogP) is 5.70. The highest BCUT2D eigenvalue weighted by Crippen LogP contribution is 2.43. The molecule has 9 heteroatoms. The molecule has 2 aliphatic carbocycles. The normalized spacial score (nSPS) is 21.8. The van der Waals surface area contributed by atoms with Crippen LogP contribution in [0.25, 0.3) is 11.2 Å². The zero-order valence-corrected chi connectivity index (χ0v) is 19.7. The zero-order valence-electron chi connectivity index (χ0n) is 19.7. The van der Waals surface area contributed by atoms with Crippen LogP contribution < -0.4 is 10.6 Å². The van der Waals surface area contributed by atoms with Crippen molar-refractivity contribution in [3.05, 3.63) is 36.0 Å². The molecule has 182 valence electrons. The quantitative estimate of drug-likeness (QED) is 0.428. The highest BCUT2D eigenvalue weighted by atomic mass is 19.1. The molecule has 3 N–H and O–H groups in total. The number of nitrogens with zero attached hydrogens (tertiary/aromatic N) is 4. The summed E-state index contributed by atoms with van der Waals surface area (Å²) in [5.74, 6) is -0.407. The van der Waals surface area contributed by atoms with Crippen molar-refractivity contribution in [2.24, 2.45) is 5.92 Å². The Morgan fingerprint density at radius 1 is 1.03 bits per heavy atom. The zero-order chi connectivity index (χ0) is 23.9. The fourth-order valence-corrected chi connectivity index (χ4v) is 5.39. The lowest BCUT2D eigenvalue weighted by Gasteiger charge is -2.26. The van der Waals surface area contributed by atoms with Crippen LogP contribution in [0.5, 0.6) is 0 Å². The molecule has 0 radical (unpaired) electrons. The van der Waals surface area contributed by atoms with E-state index in [9.17, 15) is 13.9 Å². The maximum atomic E-state index is 14.4. The molecule has 0 amide bonds. The number of rotatable bonds is 6. The van der Waals surface area contributed by atoms with Gasteiger partial charge in [0.2, 0.25) is 11.9 Å². The van der Waals surface area contributed by atoms with Gasteiger partial charge in [0, 0.05) is 12.1 Å². The maximum Gasteiger partial charge on any atom is 0.224 e. The minimum atomic E-state index is -0.806. The third-order valence-corrected chi connectivity index (χ3v) is 7.34. The Bertz CT molecular complexity index is 1150. The van der Waals surface area contributed by atoms with E-state index >= 15 is 0 Å². The van der Waals surface area contributed by atoms with E-state index in [-0.39, 0.29) is 17.6 Å². The summed E-state index contributed by atoms with van der Waals surface area (Å²) < 4.78 is 30.8. The molecule has 1 aromatic carbocycles. The van der Waals surface area contributed by atoms with Gasteiger partial charge in [0.15, 0.2) is 5.65 Å². The molecule has 7 nitrogen and oxygen atoms in total. The second-order valence-corrected chi connectivity index (χ2v) is 10.2. The van der Waals surface area contributed by atoms with Gasteiger partial charge in [-0.25, -0.2) is 18.7 Å². The van der Waals surface area contributed by atoms with Crippen molar-refractivity contribution in [3.8, 4) is 0 Å². The van der Waals surface area contributed by atoms with Crippen molar-refractivity contribution in [3.63, 3.8) is 0 Å². The van der Waals surface area contributed by atoms with Crippen LogP contribution in [0.4, 0.5) is 26.4 Å². The number of benzene rings is 1. The fourth-order valence-electron chi connectivity index (χ4n) is 5.39. The molecule has 5 rings (SSSR count). The number of hydrogen-bond donors (Lipinski definition) is 3. The molecule has 2 fully saturated rings. The van der Waals surface area contributed by atoms with E-state index in [1.54, 1.807) is 6.20 Å². The molecular formula is C25H32F2N6O. The first-order valence-corrected chi connectivity index (χ1v) is 12.2. The summed E-state index contributed by atoms with van der Waals surface area (Å²) in [5, 5.41) is 16.9. The Morgan fingerprint density at radius 2 is 1.76 bits per heavy atom. The van der Waals surface area contributed by atoms with Gasteiger partial charge < -0.3 is 15.7 Å². The molecular weight excluding hydrogens is 438 g/mol. The number of para-hydroxylation sites is 1. The van der Waals surface area contributed by atoms with Crippen molar-refractivity contribution < 1.29 is 13.9 Å². The lowest BCUT2D eigenvalue weighted by atomic mass is 9.89. The molecule has 2 saturated carbocycles. The molecule has 0 saturated heterocycles. The summed E-state index contributed by atoms with van der Waals surface area (Å²) in [6.07, 6.45) is 9.88. The van der Waals surface area contributed by atoms with Crippen LogP contribution in [0.2, 0.25) is 0 Å². The summed E-state index contributed by atoms with van der Waals surface area (Å²) >= 11 is 0. The van der Waals surface area contributed by atoms with E-state index < -0.39 is 17.2 Å². The Hall–Kier alpha value is -2.81. The average Bonchev–Trinajstić information content (AvgIpc) is 3.41. The topological polar surface area (TPSA) is 87.9 Å². The number of imidazole rings is 1. The van der Waals surface area contributed by atoms with Crippen molar-refractivity contribution in [1.82, 2.24) is 19.5 Å². The van der Waals surface area contributed by atoms with Gasteiger partial charge in [0.1, 0.15) is 22.8 Å². The second kappa shape index (κ2) is 9.09. The van der Waals surface area contributed by atoms with Gasteiger partial charge >= 0.3 is 0 Å². The first-order chi connectivity index (χ1) is 16.3. The maximum absolute atomic E-state index is 14.4. The molecule has 34 heavy (non-hydrogen) atoms. The van der Waals surface area contributed by atoms with Gasteiger partial charge in [-0.15, -0.1) is 0 Å². The van der Waals surface area contributed by atoms with E-state index in [1.165, 1.54) is 37.5 Å². The van der Waals surface area contributed by atoms with Crippen LogP contribution >= 0.6 is 0 Å². The van der Waals surface area contributed by atoms with Crippen molar-refractivity contribution >= 4 is 28.7 Å². The van der Waals surface area contributed by atoms with Crippen LogP contribution in [-0.2, 0) is 0 Å². The van der Waals surface area contributed by atoms with Gasteiger partial charge in [-0.05, 0) is 64.0 Å². The fraction of sp³-hybridized carbons (Fsp3) is 0.560. The average molecular weight is 471 g/mol. The van der Waals surface area contributed by atoms with E-state index in [1.807, 2.05) is 18.4 Å². The van der Waals surface area contributed by atoms with Gasteiger partial charge in [-0.2, -0.15) is 4.98 Å². The minimum absolute atomic E-state index is 0.0174. The molecule has 2 aromatic heterocycles. The van der Waals surface area contributed by atoms with E-state index in [2.05, 4.69) is 20.6 Å². The minimum Gasteiger partial charge on any atom is -0.390 e. The van der Waals surface area contributed by atoms with Crippen LogP contribution in [0, 0.1) is 17.6 Å². The summed E-state index contributed by atoms with van der Waals surface area (Å²) in [5.41, 5.74) is 0.123. The van der Waals surface area contributed by atoms with Crippen molar-refractivity contribution in [2.45, 2.75) is 82.9 Å². The van der Waals surface area contributed by atoms with E-state index in [0.717, 1.165) is 32.1 Å². The number of aromatic nitrogens is 4. The van der Waals surface area contributed by atoms with Crippen molar-refractivity contribution in [2.75, 3.05) is 10.6 Å². The number of anilines is 3. The predicted molar refractivity (Wildman–Crippen MR) is 128 cm³/mol. The number of aliphatic hydroxyl groups is 1. The van der Waals surface area contributed by atoms with E-state index in [4.69, 9.17) is 4.98 Å². The van der Waals surface area contributed by atoms with E-state index in [0.29, 0.717) is 29.1 Å². The standard InChI is InChI=1S/C25H32F2N6O/c1-25(2,34)15-11-12-17(13-15)33-22-20(14-28-23(32-22)29-16-7-4-3-5-8-16)30-24(33)31-21-18(26)9-6-10-19(21)27/h6,9-10,14-17,34H,3-5,7-8,11-13H2,1-2H3,(H,30,31)(H,28,29,32)/t15-,17?/m0/s1. The Labute approximate surface area is 198 Å². The third kappa shape index (κ3) is 4.58. The molecule has 2 heterocycles. The smallest absolute Gasteiger partial charge is 0.224 e. The first kappa shape index (κ1) is 23.0. The van der Waals surface area contributed by atoms with Gasteiger partial charge in [0.25, 0.3) is 0 Å². The summed E-state index contributed by atoms with van der Waals surface area (Å²) in [4.78, 5) is 13.9. The molecule has 0 spiro atoms.